The SMILES string of the molecule is CC(=O)NC(CC(=O)NCCc1csc(-c2ccc(C)cc2)n1)c1cccs1. The highest BCUT2D eigenvalue weighted by atomic mass is 32.1. The van der Waals surface area contributed by atoms with Crippen LogP contribution < -0.4 is 10.6 Å². The Bertz CT molecular complexity index is 918. The van der Waals surface area contributed by atoms with Crippen LogP contribution in [0.15, 0.2) is 47.2 Å². The summed E-state index contributed by atoms with van der Waals surface area (Å²) in [6, 6.07) is 11.9. The van der Waals surface area contributed by atoms with Gasteiger partial charge < -0.3 is 10.6 Å². The van der Waals surface area contributed by atoms with E-state index < -0.39 is 0 Å². The maximum atomic E-state index is 12.3. The van der Waals surface area contributed by atoms with Crippen molar-refractivity contribution in [3.8, 4) is 10.6 Å². The molecule has 0 saturated heterocycles. The van der Waals surface area contributed by atoms with Crippen molar-refractivity contribution in [2.45, 2.75) is 32.7 Å². The molecule has 3 rings (SSSR count). The minimum absolute atomic E-state index is 0.0823. The van der Waals surface area contributed by atoms with Gasteiger partial charge in [0.2, 0.25) is 11.8 Å². The quantitative estimate of drug-likeness (QED) is 0.584. The number of rotatable bonds is 8. The Morgan fingerprint density at radius 1 is 1.14 bits per heavy atom. The summed E-state index contributed by atoms with van der Waals surface area (Å²) in [4.78, 5) is 29.4. The number of hydrogen-bond donors (Lipinski definition) is 2. The van der Waals surface area contributed by atoms with Crippen LogP contribution in [0.3, 0.4) is 0 Å². The first-order valence-electron chi connectivity index (χ1n) is 9.10. The van der Waals surface area contributed by atoms with E-state index in [0.29, 0.717) is 13.0 Å². The summed E-state index contributed by atoms with van der Waals surface area (Å²) in [7, 11) is 0. The van der Waals surface area contributed by atoms with Gasteiger partial charge in [0.15, 0.2) is 0 Å². The van der Waals surface area contributed by atoms with Gasteiger partial charge in [0.05, 0.1) is 18.2 Å². The Morgan fingerprint density at radius 3 is 2.61 bits per heavy atom. The molecule has 2 aromatic heterocycles. The van der Waals surface area contributed by atoms with Crippen LogP contribution in [0.1, 0.15) is 35.5 Å². The summed E-state index contributed by atoms with van der Waals surface area (Å²) in [5.41, 5.74) is 3.31. The molecular weight excluding hydrogens is 390 g/mol. The monoisotopic (exact) mass is 413 g/mol. The zero-order chi connectivity index (χ0) is 19.9. The summed E-state index contributed by atoms with van der Waals surface area (Å²) in [5, 5.41) is 10.7. The van der Waals surface area contributed by atoms with E-state index in [0.717, 1.165) is 21.1 Å². The lowest BCUT2D eigenvalue weighted by Gasteiger charge is -2.16. The third kappa shape index (κ3) is 5.74. The van der Waals surface area contributed by atoms with Gasteiger partial charge in [0, 0.05) is 35.7 Å². The molecule has 2 heterocycles. The van der Waals surface area contributed by atoms with Crippen LogP contribution >= 0.6 is 22.7 Å². The number of nitrogens with one attached hydrogen (secondary N) is 2. The lowest BCUT2D eigenvalue weighted by Crippen LogP contribution is -2.33. The van der Waals surface area contributed by atoms with Crippen LogP contribution in [0, 0.1) is 6.92 Å². The Hall–Kier alpha value is -2.51. The number of amides is 2. The third-order valence-electron chi connectivity index (χ3n) is 4.21. The van der Waals surface area contributed by atoms with Gasteiger partial charge in [0.25, 0.3) is 0 Å². The van der Waals surface area contributed by atoms with Gasteiger partial charge in [-0.25, -0.2) is 4.98 Å². The minimum atomic E-state index is -0.287. The van der Waals surface area contributed by atoms with Crippen molar-refractivity contribution >= 4 is 34.5 Å². The van der Waals surface area contributed by atoms with Crippen molar-refractivity contribution < 1.29 is 9.59 Å². The molecule has 3 aromatic rings. The third-order valence-corrected chi connectivity index (χ3v) is 6.13. The van der Waals surface area contributed by atoms with Crippen molar-refractivity contribution in [3.63, 3.8) is 0 Å². The molecule has 0 saturated carbocycles. The summed E-state index contributed by atoms with van der Waals surface area (Å²) in [6.07, 6.45) is 0.906. The number of benzene rings is 1. The molecule has 28 heavy (non-hydrogen) atoms. The van der Waals surface area contributed by atoms with Crippen molar-refractivity contribution in [3.05, 3.63) is 63.3 Å². The Labute approximate surface area is 172 Å². The predicted octanol–water partition coefficient (Wildman–Crippen LogP) is 4.11. The zero-order valence-electron chi connectivity index (χ0n) is 15.9. The number of aromatic nitrogens is 1. The van der Waals surface area contributed by atoms with E-state index in [4.69, 9.17) is 0 Å². The summed E-state index contributed by atoms with van der Waals surface area (Å²) < 4.78 is 0. The van der Waals surface area contributed by atoms with Crippen molar-refractivity contribution in [2.75, 3.05) is 6.54 Å². The number of carbonyl (C=O) groups is 2. The average molecular weight is 414 g/mol. The standard InChI is InChI=1S/C21H23N3O2S2/c1-14-5-7-16(8-6-14)21-24-17(13-28-21)9-10-22-20(26)12-18(23-15(2)25)19-4-3-11-27-19/h3-8,11,13,18H,9-10,12H2,1-2H3,(H,22,26)(H,23,25). The molecule has 0 spiro atoms. The molecule has 1 unspecified atom stereocenters. The van der Waals surface area contributed by atoms with Gasteiger partial charge in [-0.15, -0.1) is 22.7 Å². The van der Waals surface area contributed by atoms with Crippen molar-refractivity contribution in [2.24, 2.45) is 0 Å². The Kier molecular flexibility index (Phi) is 6.95. The van der Waals surface area contributed by atoms with Crippen LogP contribution in [0.5, 0.6) is 0 Å². The molecule has 0 aliphatic rings. The number of carbonyl (C=O) groups excluding carboxylic acids is 2. The number of hydrogen-bond acceptors (Lipinski definition) is 5. The van der Waals surface area contributed by atoms with Crippen molar-refractivity contribution in [1.82, 2.24) is 15.6 Å². The lowest BCUT2D eigenvalue weighted by atomic mass is 10.1. The first-order valence-corrected chi connectivity index (χ1v) is 10.9. The molecule has 1 atom stereocenters. The molecule has 5 nitrogen and oxygen atoms in total. The molecule has 146 valence electrons. The van der Waals surface area contributed by atoms with E-state index in [9.17, 15) is 9.59 Å². The number of nitrogens with zero attached hydrogens (tertiary/aromatic N) is 1. The van der Waals surface area contributed by atoms with Gasteiger partial charge in [-0.3, -0.25) is 9.59 Å². The van der Waals surface area contributed by atoms with Gasteiger partial charge >= 0.3 is 0 Å². The van der Waals surface area contributed by atoms with Gasteiger partial charge in [-0.05, 0) is 18.4 Å². The number of thiazole rings is 1. The van der Waals surface area contributed by atoms with E-state index >= 15 is 0 Å². The second-order valence-electron chi connectivity index (χ2n) is 6.58. The fourth-order valence-electron chi connectivity index (χ4n) is 2.80. The molecule has 0 radical (unpaired) electrons. The second-order valence-corrected chi connectivity index (χ2v) is 8.42. The molecule has 2 amide bonds. The minimum Gasteiger partial charge on any atom is -0.356 e. The molecule has 0 bridgehead atoms. The highest BCUT2D eigenvalue weighted by Crippen LogP contribution is 2.24. The largest absolute Gasteiger partial charge is 0.356 e. The molecule has 0 aliphatic carbocycles. The maximum Gasteiger partial charge on any atom is 0.222 e. The van der Waals surface area contributed by atoms with E-state index in [1.165, 1.54) is 23.8 Å². The van der Waals surface area contributed by atoms with E-state index in [-0.39, 0.29) is 24.3 Å². The van der Waals surface area contributed by atoms with Crippen LogP contribution in [0.2, 0.25) is 0 Å². The smallest absolute Gasteiger partial charge is 0.222 e. The maximum absolute atomic E-state index is 12.3. The fourth-order valence-corrected chi connectivity index (χ4v) is 4.43. The summed E-state index contributed by atoms with van der Waals surface area (Å²) in [6.45, 7) is 4.05. The van der Waals surface area contributed by atoms with Gasteiger partial charge in [0.1, 0.15) is 5.01 Å². The number of aryl methyl sites for hydroxylation is 1. The predicted molar refractivity (Wildman–Crippen MR) is 114 cm³/mol. The normalized spacial score (nSPS) is 11.8. The lowest BCUT2D eigenvalue weighted by molar-refractivity contribution is -0.122. The Balaban J connectivity index is 1.49. The molecule has 0 fully saturated rings. The molecule has 7 heteroatoms. The van der Waals surface area contributed by atoms with Crippen LogP contribution in [-0.2, 0) is 16.0 Å². The van der Waals surface area contributed by atoms with E-state index in [2.05, 4.69) is 46.8 Å². The molecule has 1 aromatic carbocycles. The fraction of sp³-hybridized carbons (Fsp3) is 0.286. The topological polar surface area (TPSA) is 71.1 Å². The highest BCUT2D eigenvalue weighted by molar-refractivity contribution is 7.13. The number of thiophene rings is 1. The first-order chi connectivity index (χ1) is 13.5. The van der Waals surface area contributed by atoms with Crippen LogP contribution in [0.4, 0.5) is 0 Å². The highest BCUT2D eigenvalue weighted by Gasteiger charge is 2.17. The average Bonchev–Trinajstić information content (AvgIpc) is 3.33. The zero-order valence-corrected chi connectivity index (χ0v) is 17.5. The van der Waals surface area contributed by atoms with Crippen LogP contribution in [0.25, 0.3) is 10.6 Å². The van der Waals surface area contributed by atoms with Gasteiger partial charge in [-0.2, -0.15) is 0 Å². The molecular formula is C21H23N3O2S2. The first kappa shape index (κ1) is 20.2. The second kappa shape index (κ2) is 9.61. The molecule has 0 aliphatic heterocycles. The summed E-state index contributed by atoms with van der Waals surface area (Å²) in [5.74, 6) is -0.224. The summed E-state index contributed by atoms with van der Waals surface area (Å²) >= 11 is 3.15. The Morgan fingerprint density at radius 2 is 1.93 bits per heavy atom. The van der Waals surface area contributed by atoms with Gasteiger partial charge in [-0.1, -0.05) is 35.9 Å². The van der Waals surface area contributed by atoms with E-state index in [1.807, 2.05) is 22.9 Å². The molecule has 2 N–H and O–H groups in total. The van der Waals surface area contributed by atoms with Crippen LogP contribution in [-0.4, -0.2) is 23.3 Å². The van der Waals surface area contributed by atoms with Crippen molar-refractivity contribution in [1.29, 1.82) is 0 Å². The van der Waals surface area contributed by atoms with E-state index in [1.54, 1.807) is 11.3 Å².